The normalized spacial score (nSPS) is 18.5. The Kier molecular flexibility index (Phi) is 5.08. The van der Waals surface area contributed by atoms with E-state index in [-0.39, 0.29) is 6.04 Å². The number of hydrogen-bond donors (Lipinski definition) is 1. The lowest BCUT2D eigenvalue weighted by molar-refractivity contribution is 0.197. The van der Waals surface area contributed by atoms with E-state index in [1.165, 1.54) is 4.31 Å². The molecule has 2 N–H and O–H groups in total. The summed E-state index contributed by atoms with van der Waals surface area (Å²) in [5.41, 5.74) is 6.54. The Bertz CT molecular complexity index is 552. The topological polar surface area (TPSA) is 71.6 Å². The second-order valence-corrected chi connectivity index (χ2v) is 7.71. The molecule has 7 heteroatoms. The molecule has 1 aromatic heterocycles. The van der Waals surface area contributed by atoms with Crippen LogP contribution in [0.5, 0.6) is 0 Å². The van der Waals surface area contributed by atoms with E-state index < -0.39 is 10.0 Å². The lowest BCUT2D eigenvalue weighted by Crippen LogP contribution is -2.44. The summed E-state index contributed by atoms with van der Waals surface area (Å²) in [7, 11) is 0.321. The summed E-state index contributed by atoms with van der Waals surface area (Å²) in [6, 6.07) is 1.78. The Morgan fingerprint density at radius 2 is 2.00 bits per heavy atom. The lowest BCUT2D eigenvalue weighted by atomic mass is 10.1. The summed E-state index contributed by atoms with van der Waals surface area (Å²) in [6.45, 7) is 4.93. The molecular formula is C14H26N4O2S. The van der Waals surface area contributed by atoms with Gasteiger partial charge in [0.05, 0.1) is 0 Å². The average molecular weight is 314 g/mol. The fourth-order valence-electron chi connectivity index (χ4n) is 2.85. The minimum absolute atomic E-state index is 0.0810. The zero-order valence-electron chi connectivity index (χ0n) is 13.1. The van der Waals surface area contributed by atoms with Gasteiger partial charge in [-0.1, -0.05) is 0 Å². The highest BCUT2D eigenvalue weighted by Gasteiger charge is 2.31. The van der Waals surface area contributed by atoms with Crippen molar-refractivity contribution in [2.24, 2.45) is 5.73 Å². The van der Waals surface area contributed by atoms with Crippen molar-refractivity contribution in [3.8, 4) is 0 Å². The fourth-order valence-corrected chi connectivity index (χ4v) is 4.33. The van der Waals surface area contributed by atoms with Crippen LogP contribution in [0.25, 0.3) is 0 Å². The summed E-state index contributed by atoms with van der Waals surface area (Å²) < 4.78 is 29.0. The summed E-state index contributed by atoms with van der Waals surface area (Å²) in [5, 5.41) is 0. The number of likely N-dealkylation sites (tertiary alicyclic amines) is 1. The molecule has 6 nitrogen and oxygen atoms in total. The number of sulfonamides is 1. The fraction of sp³-hybridized carbons (Fsp3) is 0.714. The van der Waals surface area contributed by atoms with Crippen LogP contribution < -0.4 is 5.73 Å². The Labute approximate surface area is 127 Å². The summed E-state index contributed by atoms with van der Waals surface area (Å²) >= 11 is 0. The maximum atomic E-state index is 12.8. The standard InChI is InChI=1S/C14H26N4O2S/c1-4-18-11-14(9-13(18)10-15)21(19,20)17(3)12-5-7-16(2)8-6-12/h9,11-12H,4-8,10,15H2,1-3H3. The van der Waals surface area contributed by atoms with Gasteiger partial charge in [0, 0.05) is 38.1 Å². The third-order valence-corrected chi connectivity index (χ3v) is 6.27. The number of piperidine rings is 1. The van der Waals surface area contributed by atoms with Crippen LogP contribution in [0.2, 0.25) is 0 Å². The molecule has 2 rings (SSSR count). The Balaban J connectivity index is 2.22. The Morgan fingerprint density at radius 3 is 2.48 bits per heavy atom. The molecule has 0 spiro atoms. The largest absolute Gasteiger partial charge is 0.349 e. The molecule has 1 fully saturated rings. The number of nitrogens with two attached hydrogens (primary N) is 1. The van der Waals surface area contributed by atoms with Gasteiger partial charge in [-0.05, 0) is 46.0 Å². The molecule has 120 valence electrons. The van der Waals surface area contributed by atoms with Crippen molar-refractivity contribution < 1.29 is 8.42 Å². The molecule has 0 atom stereocenters. The molecule has 0 bridgehead atoms. The zero-order valence-corrected chi connectivity index (χ0v) is 13.9. The molecule has 2 heterocycles. The zero-order chi connectivity index (χ0) is 15.6. The molecule has 21 heavy (non-hydrogen) atoms. The average Bonchev–Trinajstić information content (AvgIpc) is 2.91. The van der Waals surface area contributed by atoms with Crippen LogP contribution in [-0.2, 0) is 23.1 Å². The van der Waals surface area contributed by atoms with E-state index in [0.717, 1.165) is 38.2 Å². The first-order valence-corrected chi connectivity index (χ1v) is 8.89. The molecular weight excluding hydrogens is 288 g/mol. The molecule has 1 aromatic rings. The number of aromatic nitrogens is 1. The monoisotopic (exact) mass is 314 g/mol. The van der Waals surface area contributed by atoms with E-state index in [1.807, 2.05) is 11.5 Å². The van der Waals surface area contributed by atoms with Gasteiger partial charge in [0.25, 0.3) is 0 Å². The van der Waals surface area contributed by atoms with Crippen molar-refractivity contribution >= 4 is 10.0 Å². The van der Waals surface area contributed by atoms with Gasteiger partial charge in [-0.15, -0.1) is 0 Å². The van der Waals surface area contributed by atoms with Gasteiger partial charge < -0.3 is 15.2 Å². The van der Waals surface area contributed by atoms with E-state index in [4.69, 9.17) is 5.73 Å². The van der Waals surface area contributed by atoms with Crippen LogP contribution in [0.3, 0.4) is 0 Å². The maximum absolute atomic E-state index is 12.8. The van der Waals surface area contributed by atoms with E-state index in [2.05, 4.69) is 11.9 Å². The molecule has 0 radical (unpaired) electrons. The van der Waals surface area contributed by atoms with Gasteiger partial charge in [0.15, 0.2) is 0 Å². The van der Waals surface area contributed by atoms with Crippen molar-refractivity contribution in [3.05, 3.63) is 18.0 Å². The van der Waals surface area contributed by atoms with Gasteiger partial charge in [-0.3, -0.25) is 0 Å². The lowest BCUT2D eigenvalue weighted by Gasteiger charge is -2.34. The Hall–Kier alpha value is -0.890. The van der Waals surface area contributed by atoms with Crippen molar-refractivity contribution in [2.75, 3.05) is 27.2 Å². The molecule has 0 aliphatic carbocycles. The van der Waals surface area contributed by atoms with Crippen LogP contribution in [0.1, 0.15) is 25.5 Å². The van der Waals surface area contributed by atoms with Gasteiger partial charge in [0.2, 0.25) is 10.0 Å². The minimum atomic E-state index is -3.44. The number of aryl methyl sites for hydroxylation is 1. The molecule has 1 saturated heterocycles. The van der Waals surface area contributed by atoms with E-state index >= 15 is 0 Å². The van der Waals surface area contributed by atoms with Crippen molar-refractivity contribution in [3.63, 3.8) is 0 Å². The third-order valence-electron chi connectivity index (χ3n) is 4.39. The van der Waals surface area contributed by atoms with Crippen LogP contribution in [0.4, 0.5) is 0 Å². The molecule has 0 unspecified atom stereocenters. The number of hydrogen-bond acceptors (Lipinski definition) is 4. The first-order chi connectivity index (χ1) is 9.90. The van der Waals surface area contributed by atoms with Crippen molar-refractivity contribution in [1.82, 2.24) is 13.8 Å². The minimum Gasteiger partial charge on any atom is -0.349 e. The molecule has 1 aliphatic rings. The highest BCUT2D eigenvalue weighted by Crippen LogP contribution is 2.23. The van der Waals surface area contributed by atoms with E-state index in [1.54, 1.807) is 19.3 Å². The number of nitrogens with zero attached hydrogens (tertiary/aromatic N) is 3. The van der Waals surface area contributed by atoms with Crippen molar-refractivity contribution in [2.45, 2.75) is 43.8 Å². The molecule has 0 amide bonds. The van der Waals surface area contributed by atoms with Crippen molar-refractivity contribution in [1.29, 1.82) is 0 Å². The third kappa shape index (κ3) is 3.31. The van der Waals surface area contributed by atoms with Gasteiger partial charge in [-0.25, -0.2) is 8.42 Å². The van der Waals surface area contributed by atoms with Crippen LogP contribution in [0.15, 0.2) is 17.2 Å². The second kappa shape index (κ2) is 6.48. The second-order valence-electron chi connectivity index (χ2n) is 5.71. The maximum Gasteiger partial charge on any atom is 0.244 e. The van der Waals surface area contributed by atoms with Gasteiger partial charge in [0.1, 0.15) is 4.90 Å². The Morgan fingerprint density at radius 1 is 1.38 bits per heavy atom. The van der Waals surface area contributed by atoms with Crippen LogP contribution in [0, 0.1) is 0 Å². The van der Waals surface area contributed by atoms with Gasteiger partial charge in [-0.2, -0.15) is 4.31 Å². The summed E-state index contributed by atoms with van der Waals surface area (Å²) in [4.78, 5) is 2.59. The highest BCUT2D eigenvalue weighted by molar-refractivity contribution is 7.89. The molecule has 0 saturated carbocycles. The first-order valence-electron chi connectivity index (χ1n) is 7.45. The van der Waals surface area contributed by atoms with E-state index in [0.29, 0.717) is 11.4 Å². The predicted octanol–water partition coefficient (Wildman–Crippen LogP) is 0.681. The van der Waals surface area contributed by atoms with Gasteiger partial charge >= 0.3 is 0 Å². The quantitative estimate of drug-likeness (QED) is 0.867. The summed E-state index contributed by atoms with van der Waals surface area (Å²) in [6.07, 6.45) is 3.46. The van der Waals surface area contributed by atoms with Crippen LogP contribution in [-0.4, -0.2) is 55.4 Å². The summed E-state index contributed by atoms with van der Waals surface area (Å²) in [5.74, 6) is 0. The SMILES string of the molecule is CCn1cc(S(=O)(=O)N(C)C2CCN(C)CC2)cc1CN. The number of rotatable bonds is 5. The predicted molar refractivity (Wildman–Crippen MR) is 83.5 cm³/mol. The first kappa shape index (κ1) is 16.5. The smallest absolute Gasteiger partial charge is 0.244 e. The molecule has 1 aliphatic heterocycles. The van der Waals surface area contributed by atoms with E-state index in [9.17, 15) is 8.42 Å². The highest BCUT2D eigenvalue weighted by atomic mass is 32.2. The molecule has 0 aromatic carbocycles. The van der Waals surface area contributed by atoms with Crippen LogP contribution >= 0.6 is 0 Å².